The van der Waals surface area contributed by atoms with E-state index in [2.05, 4.69) is 13.8 Å². The van der Waals surface area contributed by atoms with Gasteiger partial charge in [-0.15, -0.1) is 0 Å². The van der Waals surface area contributed by atoms with Crippen LogP contribution in [0.5, 0.6) is 0 Å². The molecule has 62 valence electrons. The van der Waals surface area contributed by atoms with Gasteiger partial charge in [-0.05, 0) is 13.0 Å². The van der Waals surface area contributed by atoms with Gasteiger partial charge < -0.3 is 9.52 Å². The van der Waals surface area contributed by atoms with E-state index in [9.17, 15) is 0 Å². The first-order valence-corrected chi connectivity index (χ1v) is 3.87. The molecule has 0 fully saturated rings. The molecule has 1 heterocycles. The Kier molecular flexibility index (Phi) is 2.35. The molecule has 0 saturated carbocycles. The van der Waals surface area contributed by atoms with Gasteiger partial charge in [-0.1, -0.05) is 13.8 Å². The quantitative estimate of drug-likeness (QED) is 0.709. The summed E-state index contributed by atoms with van der Waals surface area (Å²) in [4.78, 5) is 0. The lowest BCUT2D eigenvalue weighted by Crippen LogP contribution is -1.86. The summed E-state index contributed by atoms with van der Waals surface area (Å²) in [5.41, 5.74) is 0.855. The van der Waals surface area contributed by atoms with E-state index in [1.807, 2.05) is 6.07 Å². The Morgan fingerprint density at radius 2 is 2.00 bits per heavy atom. The van der Waals surface area contributed by atoms with Gasteiger partial charge >= 0.3 is 0 Å². The number of rotatable bonds is 2. The van der Waals surface area contributed by atoms with E-state index in [4.69, 9.17) is 9.52 Å². The lowest BCUT2D eigenvalue weighted by atomic mass is 10.1. The molecular formula is C9H14O2. The van der Waals surface area contributed by atoms with Crippen LogP contribution in [0.3, 0.4) is 0 Å². The predicted octanol–water partition coefficient (Wildman–Crippen LogP) is 2.46. The molecule has 0 aliphatic rings. The van der Waals surface area contributed by atoms with Gasteiger partial charge in [0.05, 0.1) is 12.4 Å². The van der Waals surface area contributed by atoms with E-state index in [0.29, 0.717) is 5.92 Å². The highest BCUT2D eigenvalue weighted by Crippen LogP contribution is 2.21. The van der Waals surface area contributed by atoms with Crippen LogP contribution in [0.25, 0.3) is 0 Å². The van der Waals surface area contributed by atoms with Gasteiger partial charge in [0.15, 0.2) is 0 Å². The van der Waals surface area contributed by atoms with Crippen LogP contribution in [0.1, 0.15) is 44.1 Å². The number of hydrogen-bond acceptors (Lipinski definition) is 2. The minimum absolute atomic E-state index is 0.391. The summed E-state index contributed by atoms with van der Waals surface area (Å²) in [6, 6.07) is 1.90. The molecule has 1 N–H and O–H groups in total. The maximum atomic E-state index is 9.16. The van der Waals surface area contributed by atoms with E-state index in [1.165, 1.54) is 0 Å². The fourth-order valence-electron chi connectivity index (χ4n) is 0.890. The third-order valence-electron chi connectivity index (χ3n) is 1.69. The van der Waals surface area contributed by atoms with Crippen LogP contribution < -0.4 is 0 Å². The van der Waals surface area contributed by atoms with Crippen LogP contribution in [0.4, 0.5) is 0 Å². The van der Waals surface area contributed by atoms with Crippen molar-refractivity contribution in [1.29, 1.82) is 0 Å². The van der Waals surface area contributed by atoms with Gasteiger partial charge in [-0.25, -0.2) is 0 Å². The highest BCUT2D eigenvalue weighted by molar-refractivity contribution is 5.16. The second-order valence-electron chi connectivity index (χ2n) is 3.11. The summed E-state index contributed by atoms with van der Waals surface area (Å²) in [6.07, 6.45) is 1.19. The second-order valence-corrected chi connectivity index (χ2v) is 3.11. The van der Waals surface area contributed by atoms with Crippen molar-refractivity contribution in [2.45, 2.75) is 32.8 Å². The summed E-state index contributed by atoms with van der Waals surface area (Å²) in [5.74, 6) is 1.32. The fraction of sp³-hybridized carbons (Fsp3) is 0.556. The minimum Gasteiger partial charge on any atom is -0.469 e. The Labute approximate surface area is 66.8 Å². The van der Waals surface area contributed by atoms with Crippen LogP contribution in [-0.2, 0) is 0 Å². The van der Waals surface area contributed by atoms with Gasteiger partial charge in [0, 0.05) is 11.5 Å². The third-order valence-corrected chi connectivity index (χ3v) is 1.69. The van der Waals surface area contributed by atoms with Crippen molar-refractivity contribution in [2.75, 3.05) is 0 Å². The Morgan fingerprint density at radius 3 is 2.27 bits per heavy atom. The van der Waals surface area contributed by atoms with Gasteiger partial charge in [-0.2, -0.15) is 0 Å². The smallest absolute Gasteiger partial charge is 0.106 e. The van der Waals surface area contributed by atoms with Crippen molar-refractivity contribution in [3.05, 3.63) is 23.7 Å². The number of hydrogen-bond donors (Lipinski definition) is 1. The van der Waals surface area contributed by atoms with Crippen LogP contribution >= 0.6 is 0 Å². The first kappa shape index (κ1) is 8.34. The number of furan rings is 1. The van der Waals surface area contributed by atoms with E-state index in [1.54, 1.807) is 13.2 Å². The monoisotopic (exact) mass is 154 g/mol. The normalized spacial score (nSPS) is 13.9. The van der Waals surface area contributed by atoms with Gasteiger partial charge in [0.2, 0.25) is 0 Å². The molecule has 1 unspecified atom stereocenters. The molecule has 0 aliphatic carbocycles. The van der Waals surface area contributed by atoms with Crippen molar-refractivity contribution in [3.8, 4) is 0 Å². The Balaban J connectivity index is 2.82. The van der Waals surface area contributed by atoms with E-state index < -0.39 is 6.10 Å². The molecule has 2 heteroatoms. The van der Waals surface area contributed by atoms with E-state index in [-0.39, 0.29) is 0 Å². The summed E-state index contributed by atoms with van der Waals surface area (Å²) in [5, 5.41) is 9.16. The Morgan fingerprint density at radius 1 is 1.36 bits per heavy atom. The topological polar surface area (TPSA) is 33.4 Å². The molecule has 1 rings (SSSR count). The third kappa shape index (κ3) is 1.84. The minimum atomic E-state index is -0.425. The molecule has 1 aromatic rings. The van der Waals surface area contributed by atoms with Gasteiger partial charge in [0.25, 0.3) is 0 Å². The molecule has 0 aromatic carbocycles. The van der Waals surface area contributed by atoms with Crippen LogP contribution in [0.15, 0.2) is 16.7 Å². The first-order chi connectivity index (χ1) is 5.11. The molecule has 0 amide bonds. The van der Waals surface area contributed by atoms with Crippen LogP contribution in [0.2, 0.25) is 0 Å². The van der Waals surface area contributed by atoms with Crippen molar-refractivity contribution in [2.24, 2.45) is 0 Å². The molecule has 2 nitrogen and oxygen atoms in total. The standard InChI is InChI=1S/C9H14O2/c1-6(2)9-4-8(5-11-9)7(3)10/h4-7,10H,1-3H3. The molecule has 0 saturated heterocycles. The van der Waals surface area contributed by atoms with Crippen molar-refractivity contribution < 1.29 is 9.52 Å². The zero-order valence-electron chi connectivity index (χ0n) is 7.16. The second kappa shape index (κ2) is 3.09. The zero-order chi connectivity index (χ0) is 8.43. The predicted molar refractivity (Wildman–Crippen MR) is 43.4 cm³/mol. The first-order valence-electron chi connectivity index (χ1n) is 3.87. The van der Waals surface area contributed by atoms with E-state index >= 15 is 0 Å². The Hall–Kier alpha value is -0.760. The lowest BCUT2D eigenvalue weighted by molar-refractivity contribution is 0.198. The highest BCUT2D eigenvalue weighted by atomic mass is 16.3. The number of aliphatic hydroxyl groups excluding tert-OH is 1. The molecule has 1 aromatic heterocycles. The molecule has 0 aliphatic heterocycles. The molecule has 0 spiro atoms. The van der Waals surface area contributed by atoms with Gasteiger partial charge in [0.1, 0.15) is 5.76 Å². The molecule has 0 radical (unpaired) electrons. The maximum absolute atomic E-state index is 9.16. The molecule has 11 heavy (non-hydrogen) atoms. The average molecular weight is 154 g/mol. The lowest BCUT2D eigenvalue weighted by Gasteiger charge is -1.97. The van der Waals surface area contributed by atoms with E-state index in [0.717, 1.165) is 11.3 Å². The summed E-state index contributed by atoms with van der Waals surface area (Å²) < 4.78 is 5.23. The highest BCUT2D eigenvalue weighted by Gasteiger charge is 2.08. The SMILES string of the molecule is CC(C)c1cc(C(C)O)co1. The van der Waals surface area contributed by atoms with Gasteiger partial charge in [-0.3, -0.25) is 0 Å². The fourth-order valence-corrected chi connectivity index (χ4v) is 0.890. The summed E-state index contributed by atoms with van der Waals surface area (Å²) >= 11 is 0. The van der Waals surface area contributed by atoms with Crippen LogP contribution in [-0.4, -0.2) is 5.11 Å². The summed E-state index contributed by atoms with van der Waals surface area (Å²) in [7, 11) is 0. The number of aliphatic hydroxyl groups is 1. The maximum Gasteiger partial charge on any atom is 0.106 e. The molecular weight excluding hydrogens is 140 g/mol. The average Bonchev–Trinajstić information content (AvgIpc) is 2.33. The largest absolute Gasteiger partial charge is 0.469 e. The molecule has 1 atom stereocenters. The zero-order valence-corrected chi connectivity index (χ0v) is 7.16. The summed E-state index contributed by atoms with van der Waals surface area (Å²) in [6.45, 7) is 5.85. The Bertz CT molecular complexity index is 201. The van der Waals surface area contributed by atoms with Crippen molar-refractivity contribution >= 4 is 0 Å². The van der Waals surface area contributed by atoms with Crippen molar-refractivity contribution in [1.82, 2.24) is 0 Å². The molecule has 0 bridgehead atoms. The van der Waals surface area contributed by atoms with Crippen LogP contribution in [0, 0.1) is 0 Å². The van der Waals surface area contributed by atoms with Crippen molar-refractivity contribution in [3.63, 3.8) is 0 Å².